The van der Waals surface area contributed by atoms with Gasteiger partial charge in [-0.3, -0.25) is 4.68 Å². The SMILES string of the molecule is CCc1ccnc(-n2c3[c-]c(Oc4[c-]c(-n5nc(C)c(-c6c(C)cc(C)cc6C)c5C(C)(C)C)cc(C(C)C)c4)ccc3c3ccccc32)c1.[Pt+2]. The molecule has 3 heterocycles. The first kappa shape index (κ1) is 36.3. The molecule has 4 aromatic carbocycles. The van der Waals surface area contributed by atoms with Crippen molar-refractivity contribution in [2.45, 2.75) is 87.0 Å². The molecule has 6 heteroatoms. The second kappa shape index (κ2) is 13.9. The van der Waals surface area contributed by atoms with Gasteiger partial charge in [-0.1, -0.05) is 83.0 Å². The molecule has 0 aliphatic rings. The van der Waals surface area contributed by atoms with Crippen molar-refractivity contribution in [3.05, 3.63) is 130 Å². The van der Waals surface area contributed by atoms with Crippen LogP contribution in [0.1, 0.15) is 86.7 Å². The van der Waals surface area contributed by atoms with Crippen LogP contribution in [0.3, 0.4) is 0 Å². The summed E-state index contributed by atoms with van der Waals surface area (Å²) >= 11 is 0. The molecule has 0 N–H and O–H groups in total. The van der Waals surface area contributed by atoms with E-state index in [1.807, 2.05) is 12.3 Å². The number of para-hydroxylation sites is 1. The molecule has 0 saturated heterocycles. The maximum absolute atomic E-state index is 6.68. The van der Waals surface area contributed by atoms with E-state index in [4.69, 9.17) is 14.8 Å². The summed E-state index contributed by atoms with van der Waals surface area (Å²) in [5.74, 6) is 2.40. The number of benzene rings is 4. The van der Waals surface area contributed by atoms with Gasteiger partial charge < -0.3 is 9.30 Å². The maximum Gasteiger partial charge on any atom is 2.00 e. The number of fused-ring (bicyclic) bond motifs is 3. The fraction of sp³-hybridized carbons (Fsp3) is 0.289. The minimum Gasteiger partial charge on any atom is -0.509 e. The van der Waals surface area contributed by atoms with E-state index in [1.165, 1.54) is 33.4 Å². The van der Waals surface area contributed by atoms with E-state index in [9.17, 15) is 0 Å². The maximum atomic E-state index is 6.68. The largest absolute Gasteiger partial charge is 2.00 e. The molecule has 3 aromatic heterocycles. The molecule has 0 unspecified atom stereocenters. The molecule has 0 aliphatic heterocycles. The number of pyridine rings is 1. The van der Waals surface area contributed by atoms with Crippen LogP contribution in [0.5, 0.6) is 11.5 Å². The summed E-state index contributed by atoms with van der Waals surface area (Å²) in [5.41, 5.74) is 13.5. The average molecular weight is 854 g/mol. The van der Waals surface area contributed by atoms with Gasteiger partial charge in [0.2, 0.25) is 0 Å². The third kappa shape index (κ3) is 6.69. The molecule has 0 atom stereocenters. The Kier molecular flexibility index (Phi) is 9.91. The summed E-state index contributed by atoms with van der Waals surface area (Å²) in [6, 6.07) is 32.9. The monoisotopic (exact) mass is 853 g/mol. The van der Waals surface area contributed by atoms with Crippen LogP contribution in [0.4, 0.5) is 0 Å². The fourth-order valence-corrected chi connectivity index (χ4v) is 7.41. The third-order valence-corrected chi connectivity index (χ3v) is 9.67. The molecule has 262 valence electrons. The Bertz CT molecular complexity index is 2380. The minimum absolute atomic E-state index is 0. The quantitative estimate of drug-likeness (QED) is 0.150. The summed E-state index contributed by atoms with van der Waals surface area (Å²) in [4.78, 5) is 4.78. The fourth-order valence-electron chi connectivity index (χ4n) is 7.41. The molecule has 0 aliphatic carbocycles. The summed E-state index contributed by atoms with van der Waals surface area (Å²) in [7, 11) is 0. The van der Waals surface area contributed by atoms with Crippen molar-refractivity contribution in [3.63, 3.8) is 0 Å². The summed E-state index contributed by atoms with van der Waals surface area (Å²) in [6.07, 6.45) is 2.83. The predicted molar refractivity (Wildman–Crippen MR) is 206 cm³/mol. The van der Waals surface area contributed by atoms with Gasteiger partial charge in [0.25, 0.3) is 0 Å². The van der Waals surface area contributed by atoms with Crippen molar-refractivity contribution < 1.29 is 25.8 Å². The molecular formula is C45H46N4OPt. The van der Waals surface area contributed by atoms with Gasteiger partial charge in [-0.15, -0.1) is 41.3 Å². The standard InChI is InChI=1S/C45H46N4O.Pt/c1-11-32-18-19-46-41(22-32)48-39-15-13-12-14-37(39)38-17-16-35(26-40(38)48)50-36-24-33(27(2)3)23-34(25-36)49-44(45(8,9)10)43(31(7)47-49)42-29(5)20-28(4)21-30(42)6;/h12-24,27H,11H2,1-10H3;/q-2;+2. The van der Waals surface area contributed by atoms with Crippen LogP contribution in [0.15, 0.2) is 79.0 Å². The second-order valence-electron chi connectivity index (χ2n) is 15.0. The van der Waals surface area contributed by atoms with Gasteiger partial charge in [-0.25, -0.2) is 4.98 Å². The Morgan fingerprint density at radius 2 is 1.53 bits per heavy atom. The minimum atomic E-state index is -0.196. The van der Waals surface area contributed by atoms with E-state index in [0.717, 1.165) is 56.7 Å². The van der Waals surface area contributed by atoms with E-state index in [2.05, 4.69) is 157 Å². The van der Waals surface area contributed by atoms with E-state index in [0.29, 0.717) is 11.5 Å². The van der Waals surface area contributed by atoms with Crippen LogP contribution in [-0.4, -0.2) is 19.3 Å². The number of aromatic nitrogens is 4. The summed E-state index contributed by atoms with van der Waals surface area (Å²) < 4.78 is 11.0. The molecule has 7 aromatic rings. The molecular weight excluding hydrogens is 808 g/mol. The molecule has 0 spiro atoms. The van der Waals surface area contributed by atoms with Crippen molar-refractivity contribution in [2.24, 2.45) is 0 Å². The van der Waals surface area contributed by atoms with Crippen LogP contribution in [0, 0.1) is 39.8 Å². The van der Waals surface area contributed by atoms with E-state index < -0.39 is 0 Å². The molecule has 7 rings (SSSR count). The van der Waals surface area contributed by atoms with Crippen molar-refractivity contribution in [3.8, 4) is 34.1 Å². The predicted octanol–water partition coefficient (Wildman–Crippen LogP) is 11.6. The summed E-state index contributed by atoms with van der Waals surface area (Å²) in [6.45, 7) is 22.1. The Hall–Kier alpha value is -4.47. The number of hydrogen-bond acceptors (Lipinski definition) is 3. The first-order valence-corrected chi connectivity index (χ1v) is 17.7. The van der Waals surface area contributed by atoms with Gasteiger partial charge in [-0.2, -0.15) is 11.2 Å². The number of aryl methyl sites for hydroxylation is 5. The van der Waals surface area contributed by atoms with Gasteiger partial charge in [0.1, 0.15) is 5.82 Å². The zero-order valence-electron chi connectivity index (χ0n) is 31.3. The normalized spacial score (nSPS) is 11.8. The molecule has 0 saturated carbocycles. The average Bonchev–Trinajstić information content (AvgIpc) is 3.59. The van der Waals surface area contributed by atoms with Gasteiger partial charge in [0, 0.05) is 34.2 Å². The van der Waals surface area contributed by atoms with Crippen LogP contribution in [0.2, 0.25) is 0 Å². The van der Waals surface area contributed by atoms with Crippen LogP contribution in [0.25, 0.3) is 44.4 Å². The number of nitrogens with zero attached hydrogens (tertiary/aromatic N) is 4. The number of ether oxygens (including phenoxy) is 1. The zero-order chi connectivity index (χ0) is 35.5. The van der Waals surface area contributed by atoms with Gasteiger partial charge in [0.05, 0.1) is 11.4 Å². The van der Waals surface area contributed by atoms with E-state index in [-0.39, 0.29) is 32.4 Å². The van der Waals surface area contributed by atoms with E-state index in [1.54, 1.807) is 0 Å². The van der Waals surface area contributed by atoms with Gasteiger partial charge in [-0.05, 0) is 91.6 Å². The van der Waals surface area contributed by atoms with Gasteiger partial charge in [0.15, 0.2) is 0 Å². The third-order valence-electron chi connectivity index (χ3n) is 9.67. The first-order chi connectivity index (χ1) is 23.8. The molecule has 0 fully saturated rings. The molecule has 0 amide bonds. The molecule has 0 bridgehead atoms. The van der Waals surface area contributed by atoms with Crippen LogP contribution < -0.4 is 4.74 Å². The smallest absolute Gasteiger partial charge is 0.509 e. The van der Waals surface area contributed by atoms with E-state index >= 15 is 0 Å². The molecule has 0 radical (unpaired) electrons. The Morgan fingerprint density at radius 3 is 2.22 bits per heavy atom. The molecule has 5 nitrogen and oxygen atoms in total. The van der Waals surface area contributed by atoms with Crippen molar-refractivity contribution >= 4 is 21.8 Å². The number of hydrogen-bond donors (Lipinski definition) is 0. The Balaban J connectivity index is 0.00000448. The number of rotatable bonds is 7. The van der Waals surface area contributed by atoms with Crippen molar-refractivity contribution in [1.29, 1.82) is 0 Å². The second-order valence-corrected chi connectivity index (χ2v) is 15.0. The van der Waals surface area contributed by atoms with Crippen LogP contribution in [-0.2, 0) is 32.9 Å². The zero-order valence-corrected chi connectivity index (χ0v) is 33.6. The van der Waals surface area contributed by atoms with Crippen molar-refractivity contribution in [1.82, 2.24) is 19.3 Å². The Labute approximate surface area is 317 Å². The topological polar surface area (TPSA) is 44.9 Å². The van der Waals surface area contributed by atoms with Crippen LogP contribution >= 0.6 is 0 Å². The Morgan fingerprint density at radius 1 is 0.804 bits per heavy atom. The van der Waals surface area contributed by atoms with Gasteiger partial charge >= 0.3 is 21.1 Å². The van der Waals surface area contributed by atoms with Crippen molar-refractivity contribution in [2.75, 3.05) is 0 Å². The first-order valence-electron chi connectivity index (χ1n) is 17.7. The summed E-state index contributed by atoms with van der Waals surface area (Å²) in [5, 5.41) is 7.47. The molecule has 51 heavy (non-hydrogen) atoms.